The molecular weight excluding hydrogens is 244 g/mol. The molecule has 1 saturated carbocycles. The molecule has 0 spiro atoms. The molecule has 0 aromatic rings. The fourth-order valence-corrected chi connectivity index (χ4v) is 3.17. The average molecular weight is 272 g/mol. The van der Waals surface area contributed by atoms with Crippen molar-refractivity contribution in [1.82, 2.24) is 10.6 Å². The van der Waals surface area contributed by atoms with Gasteiger partial charge in [-0.1, -0.05) is 6.42 Å². The first-order valence-corrected chi connectivity index (χ1v) is 8.26. The average Bonchev–Trinajstić information content (AvgIpc) is 2.27. The zero-order chi connectivity index (χ0) is 13.6. The van der Waals surface area contributed by atoms with Gasteiger partial charge in [0.05, 0.1) is 0 Å². The fourth-order valence-electron chi connectivity index (χ4n) is 2.34. The van der Waals surface area contributed by atoms with Gasteiger partial charge in [0.2, 0.25) is 5.91 Å². The summed E-state index contributed by atoms with van der Waals surface area (Å²) in [5, 5.41) is 7.26. The normalized spacial score (nSPS) is 24.9. The standard InChI is InChI=1S/C14H28N2OS/c1-14(2,3)15-9-8-13(17)16-11-6-5-7-12(10-11)18-4/h11-12,15H,5-10H2,1-4H3,(H,16,17). The summed E-state index contributed by atoms with van der Waals surface area (Å²) in [6.07, 6.45) is 7.59. The van der Waals surface area contributed by atoms with E-state index in [-0.39, 0.29) is 11.4 Å². The van der Waals surface area contributed by atoms with E-state index in [4.69, 9.17) is 0 Å². The maximum absolute atomic E-state index is 11.8. The van der Waals surface area contributed by atoms with Crippen LogP contribution in [0.1, 0.15) is 52.9 Å². The van der Waals surface area contributed by atoms with Crippen LogP contribution in [-0.4, -0.2) is 35.5 Å². The molecule has 0 bridgehead atoms. The summed E-state index contributed by atoms with van der Waals surface area (Å²) in [6, 6.07) is 0.401. The van der Waals surface area contributed by atoms with Crippen molar-refractivity contribution in [2.75, 3.05) is 12.8 Å². The lowest BCUT2D eigenvalue weighted by Crippen LogP contribution is -2.42. The number of hydrogen-bond donors (Lipinski definition) is 2. The van der Waals surface area contributed by atoms with Crippen LogP contribution >= 0.6 is 11.8 Å². The minimum absolute atomic E-state index is 0.0923. The van der Waals surface area contributed by atoms with Gasteiger partial charge in [0.1, 0.15) is 0 Å². The number of nitrogens with one attached hydrogen (secondary N) is 2. The third kappa shape index (κ3) is 6.64. The van der Waals surface area contributed by atoms with Gasteiger partial charge in [0.15, 0.2) is 0 Å². The van der Waals surface area contributed by atoms with Gasteiger partial charge in [-0.25, -0.2) is 0 Å². The van der Waals surface area contributed by atoms with Crippen LogP contribution in [-0.2, 0) is 4.79 Å². The molecule has 0 aliphatic heterocycles. The number of thioether (sulfide) groups is 1. The maximum atomic E-state index is 11.8. The molecule has 2 unspecified atom stereocenters. The lowest BCUT2D eigenvalue weighted by Gasteiger charge is -2.29. The molecule has 106 valence electrons. The molecule has 18 heavy (non-hydrogen) atoms. The largest absolute Gasteiger partial charge is 0.353 e. The Hall–Kier alpha value is -0.220. The van der Waals surface area contributed by atoms with Crippen LogP contribution in [0.4, 0.5) is 0 Å². The van der Waals surface area contributed by atoms with Crippen LogP contribution in [0.2, 0.25) is 0 Å². The first-order chi connectivity index (χ1) is 8.40. The molecule has 4 heteroatoms. The molecule has 2 N–H and O–H groups in total. The number of amides is 1. The minimum atomic E-state index is 0.0923. The highest BCUT2D eigenvalue weighted by Gasteiger charge is 2.22. The van der Waals surface area contributed by atoms with Crippen LogP contribution in [0.15, 0.2) is 0 Å². The van der Waals surface area contributed by atoms with Gasteiger partial charge in [-0.3, -0.25) is 4.79 Å². The number of carbonyl (C=O) groups excluding carboxylic acids is 1. The molecule has 1 aliphatic rings. The molecule has 0 heterocycles. The monoisotopic (exact) mass is 272 g/mol. The van der Waals surface area contributed by atoms with E-state index in [1.54, 1.807) is 0 Å². The van der Waals surface area contributed by atoms with Crippen LogP contribution < -0.4 is 10.6 Å². The Morgan fingerprint density at radius 1 is 1.33 bits per heavy atom. The molecule has 1 fully saturated rings. The van der Waals surface area contributed by atoms with Gasteiger partial charge in [-0.05, 0) is 46.3 Å². The number of hydrogen-bond acceptors (Lipinski definition) is 3. The highest BCUT2D eigenvalue weighted by molar-refractivity contribution is 7.99. The number of rotatable bonds is 5. The van der Waals surface area contributed by atoms with Gasteiger partial charge < -0.3 is 10.6 Å². The number of carbonyl (C=O) groups is 1. The highest BCUT2D eigenvalue weighted by atomic mass is 32.2. The van der Waals surface area contributed by atoms with Gasteiger partial charge in [0.25, 0.3) is 0 Å². The molecule has 0 saturated heterocycles. The van der Waals surface area contributed by atoms with Crippen molar-refractivity contribution in [2.24, 2.45) is 0 Å². The lowest BCUT2D eigenvalue weighted by molar-refractivity contribution is -0.121. The first kappa shape index (κ1) is 15.8. The van der Waals surface area contributed by atoms with Crippen molar-refractivity contribution in [3.63, 3.8) is 0 Å². The molecule has 1 amide bonds. The summed E-state index contributed by atoms with van der Waals surface area (Å²) in [5.41, 5.74) is 0.0923. The van der Waals surface area contributed by atoms with E-state index in [9.17, 15) is 4.79 Å². The Morgan fingerprint density at radius 2 is 2.06 bits per heavy atom. The Labute approximate surface area is 116 Å². The summed E-state index contributed by atoms with van der Waals surface area (Å²) in [7, 11) is 0. The molecule has 2 atom stereocenters. The van der Waals surface area contributed by atoms with Crippen LogP contribution in [0, 0.1) is 0 Å². The minimum Gasteiger partial charge on any atom is -0.353 e. The third-order valence-corrected chi connectivity index (χ3v) is 4.43. The van der Waals surface area contributed by atoms with Crippen molar-refractivity contribution in [3.05, 3.63) is 0 Å². The van der Waals surface area contributed by atoms with E-state index >= 15 is 0 Å². The molecule has 0 aromatic carbocycles. The Balaban J connectivity index is 2.19. The third-order valence-electron chi connectivity index (χ3n) is 3.33. The van der Waals surface area contributed by atoms with E-state index in [2.05, 4.69) is 37.7 Å². The van der Waals surface area contributed by atoms with Gasteiger partial charge >= 0.3 is 0 Å². The zero-order valence-corrected chi connectivity index (χ0v) is 13.0. The van der Waals surface area contributed by atoms with Crippen molar-refractivity contribution < 1.29 is 4.79 Å². The smallest absolute Gasteiger partial charge is 0.221 e. The van der Waals surface area contributed by atoms with E-state index in [1.165, 1.54) is 12.8 Å². The van der Waals surface area contributed by atoms with E-state index in [0.717, 1.165) is 24.6 Å². The first-order valence-electron chi connectivity index (χ1n) is 6.98. The van der Waals surface area contributed by atoms with Crippen LogP contribution in [0.3, 0.4) is 0 Å². The molecule has 1 rings (SSSR count). The molecule has 1 aliphatic carbocycles. The molecule has 3 nitrogen and oxygen atoms in total. The van der Waals surface area contributed by atoms with Crippen LogP contribution in [0.5, 0.6) is 0 Å². The Morgan fingerprint density at radius 3 is 2.67 bits per heavy atom. The maximum Gasteiger partial charge on any atom is 0.221 e. The molecular formula is C14H28N2OS. The summed E-state index contributed by atoms with van der Waals surface area (Å²) in [4.78, 5) is 11.8. The summed E-state index contributed by atoms with van der Waals surface area (Å²) in [5.74, 6) is 0.193. The summed E-state index contributed by atoms with van der Waals surface area (Å²) < 4.78 is 0. The zero-order valence-electron chi connectivity index (χ0n) is 12.2. The topological polar surface area (TPSA) is 41.1 Å². The quantitative estimate of drug-likeness (QED) is 0.808. The Kier molecular flexibility index (Phi) is 6.50. The van der Waals surface area contributed by atoms with E-state index in [0.29, 0.717) is 12.5 Å². The second-order valence-corrected chi connectivity index (χ2v) is 7.35. The van der Waals surface area contributed by atoms with Crippen LogP contribution in [0.25, 0.3) is 0 Å². The predicted octanol–water partition coefficient (Wildman–Crippen LogP) is 2.56. The van der Waals surface area contributed by atoms with Crippen molar-refractivity contribution >= 4 is 17.7 Å². The summed E-state index contributed by atoms with van der Waals surface area (Å²) >= 11 is 1.93. The fraction of sp³-hybridized carbons (Fsp3) is 0.929. The lowest BCUT2D eigenvalue weighted by atomic mass is 9.95. The Bertz CT molecular complexity index is 263. The predicted molar refractivity (Wildman–Crippen MR) is 80.1 cm³/mol. The van der Waals surface area contributed by atoms with Gasteiger partial charge in [-0.2, -0.15) is 11.8 Å². The molecule has 0 radical (unpaired) electrons. The highest BCUT2D eigenvalue weighted by Crippen LogP contribution is 2.26. The van der Waals surface area contributed by atoms with E-state index < -0.39 is 0 Å². The van der Waals surface area contributed by atoms with E-state index in [1.807, 2.05) is 11.8 Å². The van der Waals surface area contributed by atoms with Crippen molar-refractivity contribution in [3.8, 4) is 0 Å². The SMILES string of the molecule is CSC1CCCC(NC(=O)CCNC(C)(C)C)C1. The second-order valence-electron chi connectivity index (χ2n) is 6.22. The van der Waals surface area contributed by atoms with Crippen molar-refractivity contribution in [1.29, 1.82) is 0 Å². The second kappa shape index (κ2) is 7.39. The summed E-state index contributed by atoms with van der Waals surface area (Å²) in [6.45, 7) is 7.12. The van der Waals surface area contributed by atoms with Gasteiger partial charge in [0, 0.05) is 29.8 Å². The molecule has 0 aromatic heterocycles. The van der Waals surface area contributed by atoms with Gasteiger partial charge in [-0.15, -0.1) is 0 Å². The van der Waals surface area contributed by atoms with Crippen molar-refractivity contribution in [2.45, 2.75) is 69.7 Å².